The molecule has 1 heterocycles. The number of hydrogen-bond acceptors (Lipinski definition) is 4. The number of epoxide rings is 1. The molecule has 0 aromatic carbocycles. The van der Waals surface area contributed by atoms with E-state index in [4.69, 9.17) is 18.9 Å². The molecule has 3 aliphatic carbocycles. The van der Waals surface area contributed by atoms with Crippen molar-refractivity contribution in [1.29, 1.82) is 5.26 Å². The predicted molar refractivity (Wildman–Crippen MR) is 210 cm³/mol. The maximum Gasteiger partial charge on any atom is 0.192 e. The quantitative estimate of drug-likeness (QED) is 0.178. The summed E-state index contributed by atoms with van der Waals surface area (Å²) in [7, 11) is -3.97. The fraction of sp³-hybridized carbons (Fsp3) is 0.881. The third kappa shape index (κ3) is 9.58. The van der Waals surface area contributed by atoms with Gasteiger partial charge in [-0.25, -0.2) is 0 Å². The second-order valence-electron chi connectivity index (χ2n) is 20.7. The molecule has 6 atom stereocenters. The first-order chi connectivity index (χ1) is 21.8. The minimum atomic E-state index is -1.98. The van der Waals surface area contributed by atoms with Crippen molar-refractivity contribution in [3.05, 3.63) is 23.3 Å². The second-order valence-corrected chi connectivity index (χ2v) is 30.2. The standard InChI is InChI=1S/C40H74O3Si2.C2H3N/c1-29(18-16-24-36(2,3)4)32-22-23-33-31(19-17-25-39(32,33)11)21-20-30-26-34(42-44(12,13)37(5,6)7)40(28-41-40)35(27-30)43-45(14,15)38(8,9)10;1-2-3/h20-21,29,32-35H,16-19,22-28H2,1-15H3;1H3/b30-20?,31-21+;/t29-,32?,33?,34+,35+,39?,40?;/m0./s1. The van der Waals surface area contributed by atoms with E-state index in [9.17, 15) is 0 Å². The third-order valence-electron chi connectivity index (χ3n) is 13.8. The smallest absolute Gasteiger partial charge is 0.192 e. The first-order valence-electron chi connectivity index (χ1n) is 19.5. The highest BCUT2D eigenvalue weighted by Crippen LogP contribution is 2.60. The molecular formula is C42H77NO3Si2. The van der Waals surface area contributed by atoms with Gasteiger partial charge in [0.05, 0.1) is 24.9 Å². The van der Waals surface area contributed by atoms with Crippen molar-refractivity contribution in [3.63, 3.8) is 0 Å². The second kappa shape index (κ2) is 15.1. The molecule has 1 aliphatic heterocycles. The van der Waals surface area contributed by atoms with Gasteiger partial charge in [-0.15, -0.1) is 0 Å². The van der Waals surface area contributed by atoms with Gasteiger partial charge in [0.15, 0.2) is 16.6 Å². The van der Waals surface area contributed by atoms with Crippen LogP contribution in [0.4, 0.5) is 0 Å². The lowest BCUT2D eigenvalue weighted by atomic mass is 9.60. The molecule has 4 nitrogen and oxygen atoms in total. The number of nitrogens with zero attached hydrogens (tertiary/aromatic N) is 1. The molecular weight excluding hydrogens is 623 g/mol. The summed E-state index contributed by atoms with van der Waals surface area (Å²) in [5.74, 6) is 2.44. The van der Waals surface area contributed by atoms with Crippen LogP contribution in [-0.4, -0.2) is 41.1 Å². The number of hydrogen-bond donors (Lipinski definition) is 0. The van der Waals surface area contributed by atoms with Crippen LogP contribution < -0.4 is 0 Å². The monoisotopic (exact) mass is 700 g/mol. The highest BCUT2D eigenvalue weighted by Gasteiger charge is 2.63. The molecule has 0 N–H and O–H groups in total. The summed E-state index contributed by atoms with van der Waals surface area (Å²) in [6.07, 6.45) is 18.1. The average Bonchev–Trinajstić information content (AvgIpc) is 3.63. The topological polar surface area (TPSA) is 54.8 Å². The van der Waals surface area contributed by atoms with Crippen molar-refractivity contribution >= 4 is 16.6 Å². The molecule has 0 bridgehead atoms. The highest BCUT2D eigenvalue weighted by molar-refractivity contribution is 6.74. The van der Waals surface area contributed by atoms with E-state index in [1.54, 1.807) is 11.6 Å². The van der Waals surface area contributed by atoms with E-state index >= 15 is 0 Å². The van der Waals surface area contributed by atoms with E-state index in [0.717, 1.165) is 37.2 Å². The Kier molecular flexibility index (Phi) is 13.1. The lowest BCUT2D eigenvalue weighted by Gasteiger charge is -2.48. The Labute approximate surface area is 300 Å². The van der Waals surface area contributed by atoms with Gasteiger partial charge in [-0.1, -0.05) is 112 Å². The van der Waals surface area contributed by atoms with Crippen molar-refractivity contribution in [1.82, 2.24) is 0 Å². The van der Waals surface area contributed by atoms with Gasteiger partial charge in [-0.3, -0.25) is 0 Å². The molecule has 0 aromatic rings. The number of fused-ring (bicyclic) bond motifs is 1. The van der Waals surface area contributed by atoms with Gasteiger partial charge < -0.3 is 13.6 Å². The number of ether oxygens (including phenoxy) is 1. The lowest BCUT2D eigenvalue weighted by molar-refractivity contribution is -0.0172. The number of allylic oxidation sites excluding steroid dienone is 3. The molecule has 6 heteroatoms. The van der Waals surface area contributed by atoms with Gasteiger partial charge in [0.1, 0.15) is 5.60 Å². The molecule has 276 valence electrons. The van der Waals surface area contributed by atoms with Crippen LogP contribution in [0.25, 0.3) is 0 Å². The van der Waals surface area contributed by atoms with Crippen molar-refractivity contribution < 1.29 is 13.6 Å². The zero-order valence-corrected chi connectivity index (χ0v) is 36.5. The van der Waals surface area contributed by atoms with Crippen LogP contribution >= 0.6 is 0 Å². The molecule has 48 heavy (non-hydrogen) atoms. The van der Waals surface area contributed by atoms with Gasteiger partial charge in [0.25, 0.3) is 0 Å². The van der Waals surface area contributed by atoms with Gasteiger partial charge in [0.2, 0.25) is 0 Å². The van der Waals surface area contributed by atoms with Crippen molar-refractivity contribution in [2.24, 2.45) is 28.6 Å². The molecule has 3 unspecified atom stereocenters. The highest BCUT2D eigenvalue weighted by atomic mass is 28.4. The zero-order valence-electron chi connectivity index (χ0n) is 34.5. The summed E-state index contributed by atoms with van der Waals surface area (Å²) in [5, 5.41) is 7.65. The van der Waals surface area contributed by atoms with E-state index in [0.29, 0.717) is 10.8 Å². The van der Waals surface area contributed by atoms with Crippen LogP contribution in [0.15, 0.2) is 23.3 Å². The molecule has 1 saturated heterocycles. The average molecular weight is 700 g/mol. The van der Waals surface area contributed by atoms with Crippen molar-refractivity contribution in [2.75, 3.05) is 6.61 Å². The Hall–Kier alpha value is -0.716. The Morgan fingerprint density at radius 3 is 1.85 bits per heavy atom. The number of nitriles is 1. The fourth-order valence-electron chi connectivity index (χ4n) is 8.65. The van der Waals surface area contributed by atoms with E-state index in [1.807, 2.05) is 0 Å². The SMILES string of the molecule is CC#N.C[C@@H](CCCC(C)(C)C)C1CCC2/C(=C/C=C3C[C@@H](O[Si](C)(C)C(C)(C)C)C4(CO4)[C@H](O[Si](C)(C)C(C)(C)C)C3)CCCC21C. The summed E-state index contributed by atoms with van der Waals surface area (Å²) >= 11 is 0. The zero-order chi connectivity index (χ0) is 36.6. The molecule has 4 fully saturated rings. The molecule has 0 aromatic heterocycles. The van der Waals surface area contributed by atoms with E-state index in [1.165, 1.54) is 63.9 Å². The maximum atomic E-state index is 7.32. The minimum Gasteiger partial charge on any atom is -0.410 e. The Balaban J connectivity index is 0.00000201. The van der Waals surface area contributed by atoms with Crippen LogP contribution in [0.3, 0.4) is 0 Å². The van der Waals surface area contributed by atoms with Crippen LogP contribution in [0, 0.1) is 39.9 Å². The Morgan fingerprint density at radius 2 is 1.42 bits per heavy atom. The first kappa shape index (κ1) is 41.7. The Bertz CT molecular complexity index is 1150. The van der Waals surface area contributed by atoms with Gasteiger partial charge in [-0.05, 0) is 116 Å². The number of rotatable bonds is 9. The van der Waals surface area contributed by atoms with Crippen LogP contribution in [-0.2, 0) is 13.6 Å². The van der Waals surface area contributed by atoms with Crippen molar-refractivity contribution in [2.45, 2.75) is 201 Å². The summed E-state index contributed by atoms with van der Waals surface area (Å²) in [4.78, 5) is 0. The molecule has 3 saturated carbocycles. The summed E-state index contributed by atoms with van der Waals surface area (Å²) in [5.41, 5.74) is 3.87. The van der Waals surface area contributed by atoms with Crippen LogP contribution in [0.5, 0.6) is 0 Å². The molecule has 4 rings (SSSR count). The maximum absolute atomic E-state index is 7.32. The summed E-state index contributed by atoms with van der Waals surface area (Å²) in [6.45, 7) is 38.3. The van der Waals surface area contributed by atoms with Crippen molar-refractivity contribution in [3.8, 4) is 6.07 Å². The van der Waals surface area contributed by atoms with E-state index < -0.39 is 16.6 Å². The van der Waals surface area contributed by atoms with Crippen LogP contribution in [0.1, 0.15) is 147 Å². The molecule has 0 radical (unpaired) electrons. The lowest BCUT2D eigenvalue weighted by Crippen LogP contribution is -2.57. The molecule has 1 spiro atoms. The minimum absolute atomic E-state index is 0.0768. The largest absolute Gasteiger partial charge is 0.410 e. The molecule has 4 aliphatic rings. The fourth-order valence-corrected chi connectivity index (χ4v) is 11.3. The summed E-state index contributed by atoms with van der Waals surface area (Å²) in [6, 6.07) is 1.75. The van der Waals surface area contributed by atoms with Gasteiger partial charge in [-0.2, -0.15) is 5.26 Å². The predicted octanol–water partition coefficient (Wildman–Crippen LogP) is 12.8. The Morgan fingerprint density at radius 1 is 0.917 bits per heavy atom. The van der Waals surface area contributed by atoms with Gasteiger partial charge in [0, 0.05) is 6.92 Å². The van der Waals surface area contributed by atoms with Gasteiger partial charge >= 0.3 is 0 Å². The summed E-state index contributed by atoms with van der Waals surface area (Å²) < 4.78 is 20.9. The van der Waals surface area contributed by atoms with Crippen LogP contribution in [0.2, 0.25) is 36.3 Å². The first-order valence-corrected chi connectivity index (χ1v) is 25.3. The normalized spacial score (nSPS) is 32.7. The third-order valence-corrected chi connectivity index (χ3v) is 22.8. The molecule has 0 amide bonds. The van der Waals surface area contributed by atoms with E-state index in [2.05, 4.69) is 115 Å². The van der Waals surface area contributed by atoms with E-state index in [-0.39, 0.29) is 27.9 Å².